The Hall–Kier alpha value is -3.46. The van der Waals surface area contributed by atoms with Gasteiger partial charge in [-0.1, -0.05) is 54.6 Å². The predicted molar refractivity (Wildman–Crippen MR) is 138 cm³/mol. The number of carbonyl (C=O) groups is 3. The van der Waals surface area contributed by atoms with E-state index in [2.05, 4.69) is 16.0 Å². The molecule has 0 amide bonds. The van der Waals surface area contributed by atoms with Gasteiger partial charge in [0.15, 0.2) is 11.6 Å². The zero-order chi connectivity index (χ0) is 25.6. The molecule has 0 saturated carbocycles. The summed E-state index contributed by atoms with van der Waals surface area (Å²) in [5.74, 6) is -0.789. The van der Waals surface area contributed by atoms with Crippen molar-refractivity contribution in [1.29, 1.82) is 0 Å². The predicted octanol–water partition coefficient (Wildman–Crippen LogP) is 3.35. The van der Waals surface area contributed by atoms with Crippen LogP contribution in [0.4, 0.5) is 0 Å². The minimum Gasteiger partial charge on any atom is -0.480 e. The third-order valence-electron chi connectivity index (χ3n) is 5.31. The van der Waals surface area contributed by atoms with E-state index < -0.39 is 12.0 Å². The Bertz CT molecular complexity index is 1040. The summed E-state index contributed by atoms with van der Waals surface area (Å²) in [6.45, 7) is 7.33. The Labute approximate surface area is 223 Å². The van der Waals surface area contributed by atoms with Crippen molar-refractivity contribution in [2.24, 2.45) is 0 Å². The monoisotopic (exact) mass is 534 g/mol. The van der Waals surface area contributed by atoms with Gasteiger partial charge in [-0.2, -0.15) is 0 Å². The second-order valence-corrected chi connectivity index (χ2v) is 8.02. The summed E-state index contributed by atoms with van der Waals surface area (Å²) in [5.41, 5.74) is 4.18. The first-order valence-electron chi connectivity index (χ1n) is 11.5. The van der Waals surface area contributed by atoms with Crippen LogP contribution in [0.5, 0.6) is 0 Å². The first-order valence-corrected chi connectivity index (χ1v) is 11.5. The zero-order valence-electron chi connectivity index (χ0n) is 20.7. The normalized spacial score (nSPS) is 17.4. The summed E-state index contributed by atoms with van der Waals surface area (Å²) in [4.78, 5) is 33.9. The van der Waals surface area contributed by atoms with E-state index in [4.69, 9.17) is 5.11 Å². The van der Waals surface area contributed by atoms with Crippen LogP contribution >= 0.6 is 0 Å². The topological polar surface area (TPSA) is 108 Å². The quantitative estimate of drug-likeness (QED) is 0.284. The Morgan fingerprint density at radius 3 is 1.67 bits per heavy atom. The third-order valence-corrected chi connectivity index (χ3v) is 5.31. The average Bonchev–Trinajstić information content (AvgIpc) is 2.86. The first kappa shape index (κ1) is 30.6. The standard InChI is InChI=1S/C18H20N2O2.C10H13NO2.Co/c1-13(15-7-3-5-9-17(15)21)19-11-12-20-14(2)16-8-4-6-10-18(16)22;1-8(10(12)13)11-7-9-5-3-2-4-6-9;/h3-10,19-20H,11-12H2,1-2H3;2-6,8,11H,7H2,1H3,(H,12,13);. The molecule has 2 aliphatic carbocycles. The van der Waals surface area contributed by atoms with Crippen molar-refractivity contribution in [1.82, 2.24) is 16.0 Å². The van der Waals surface area contributed by atoms with Crippen LogP contribution in [0, 0.1) is 0 Å². The maximum atomic E-state index is 11.7. The van der Waals surface area contributed by atoms with Gasteiger partial charge in [0.25, 0.3) is 0 Å². The zero-order valence-corrected chi connectivity index (χ0v) is 21.8. The number of allylic oxidation sites excluding steroid dienone is 12. The largest absolute Gasteiger partial charge is 0.480 e. The fourth-order valence-corrected chi connectivity index (χ4v) is 3.20. The summed E-state index contributed by atoms with van der Waals surface area (Å²) in [6.07, 6.45) is 13.9. The Morgan fingerprint density at radius 1 is 0.806 bits per heavy atom. The number of hydrogen-bond acceptors (Lipinski definition) is 6. The molecule has 1 aromatic carbocycles. The molecule has 0 saturated heterocycles. The van der Waals surface area contributed by atoms with Crippen molar-refractivity contribution in [3.63, 3.8) is 0 Å². The number of carboxylic acids is 1. The van der Waals surface area contributed by atoms with Crippen molar-refractivity contribution < 1.29 is 36.3 Å². The summed E-state index contributed by atoms with van der Waals surface area (Å²) in [7, 11) is 0. The Morgan fingerprint density at radius 2 is 1.25 bits per heavy atom. The van der Waals surface area contributed by atoms with Gasteiger partial charge in [-0.25, -0.2) is 0 Å². The molecule has 0 aromatic heterocycles. The van der Waals surface area contributed by atoms with Crippen LogP contribution in [0.1, 0.15) is 26.3 Å². The fourth-order valence-electron chi connectivity index (χ4n) is 3.20. The molecule has 0 spiro atoms. The van der Waals surface area contributed by atoms with Crippen LogP contribution in [-0.2, 0) is 37.7 Å². The Balaban J connectivity index is 0.000000397. The number of carboxylic acid groups (broad SMARTS) is 1. The van der Waals surface area contributed by atoms with E-state index in [1.165, 1.54) is 0 Å². The maximum Gasteiger partial charge on any atom is 0.320 e. The molecule has 0 heterocycles. The molecule has 1 atom stereocenters. The SMILES string of the molecule is CC(NCCNC(C)=C1C=CC=CC1=O)=C1C=CC=CC1=O.CC(NCc1ccccc1)C(=O)O.[Co]. The van der Waals surface area contributed by atoms with Crippen molar-refractivity contribution in [3.8, 4) is 0 Å². The number of nitrogens with one attached hydrogen (secondary N) is 3. The van der Waals surface area contributed by atoms with E-state index in [1.807, 2.05) is 68.5 Å². The molecule has 1 aromatic rings. The van der Waals surface area contributed by atoms with E-state index >= 15 is 0 Å². The van der Waals surface area contributed by atoms with Crippen LogP contribution in [0.2, 0.25) is 0 Å². The van der Waals surface area contributed by atoms with E-state index in [0.29, 0.717) is 30.8 Å². The molecule has 7 nitrogen and oxygen atoms in total. The number of benzene rings is 1. The van der Waals surface area contributed by atoms with E-state index in [9.17, 15) is 14.4 Å². The summed E-state index contributed by atoms with van der Waals surface area (Å²) >= 11 is 0. The molecule has 2 aliphatic rings. The van der Waals surface area contributed by atoms with Crippen LogP contribution in [0.3, 0.4) is 0 Å². The molecule has 0 fully saturated rings. The molecular formula is C28H33CoN3O4. The summed E-state index contributed by atoms with van der Waals surface area (Å²) in [5, 5.41) is 17.9. The molecule has 1 radical (unpaired) electrons. The van der Waals surface area contributed by atoms with Gasteiger partial charge in [0.1, 0.15) is 6.04 Å². The summed E-state index contributed by atoms with van der Waals surface area (Å²) < 4.78 is 0. The van der Waals surface area contributed by atoms with Crippen LogP contribution < -0.4 is 16.0 Å². The molecule has 1 unspecified atom stereocenters. The molecule has 8 heteroatoms. The smallest absolute Gasteiger partial charge is 0.320 e. The van der Waals surface area contributed by atoms with Gasteiger partial charge >= 0.3 is 5.97 Å². The molecule has 3 rings (SSSR count). The van der Waals surface area contributed by atoms with Gasteiger partial charge in [0.05, 0.1) is 0 Å². The molecule has 4 N–H and O–H groups in total. The molecule has 0 bridgehead atoms. The van der Waals surface area contributed by atoms with Crippen molar-refractivity contribution in [2.75, 3.05) is 13.1 Å². The number of ketones is 2. The van der Waals surface area contributed by atoms with Crippen molar-refractivity contribution in [2.45, 2.75) is 33.4 Å². The van der Waals surface area contributed by atoms with Gasteiger partial charge in [0, 0.05) is 59.0 Å². The third kappa shape index (κ3) is 10.4. The number of rotatable bonds is 9. The van der Waals surface area contributed by atoms with Gasteiger partial charge in [0.2, 0.25) is 0 Å². The maximum absolute atomic E-state index is 11.7. The van der Waals surface area contributed by atoms with Gasteiger partial charge in [-0.05, 0) is 50.6 Å². The molecule has 0 aliphatic heterocycles. The minimum atomic E-state index is -0.823. The second-order valence-electron chi connectivity index (χ2n) is 8.02. The first-order chi connectivity index (χ1) is 16.8. The average molecular weight is 535 g/mol. The van der Waals surface area contributed by atoms with Gasteiger partial charge in [-0.15, -0.1) is 0 Å². The van der Waals surface area contributed by atoms with Crippen molar-refractivity contribution >= 4 is 17.5 Å². The van der Waals surface area contributed by atoms with E-state index in [-0.39, 0.29) is 28.3 Å². The molecule has 36 heavy (non-hydrogen) atoms. The van der Waals surface area contributed by atoms with Crippen LogP contribution in [-0.4, -0.2) is 41.8 Å². The molecule has 193 valence electrons. The van der Waals surface area contributed by atoms with Gasteiger partial charge < -0.3 is 21.1 Å². The minimum absolute atomic E-state index is 0. The number of aliphatic carboxylic acids is 1. The number of hydrogen-bond donors (Lipinski definition) is 4. The second kappa shape index (κ2) is 16.3. The number of carbonyl (C=O) groups excluding carboxylic acids is 2. The van der Waals surface area contributed by atoms with Crippen molar-refractivity contribution in [3.05, 3.63) is 107 Å². The van der Waals surface area contributed by atoms with Crippen LogP contribution in [0.25, 0.3) is 0 Å². The fraction of sp³-hybridized carbons (Fsp3) is 0.250. The summed E-state index contributed by atoms with van der Waals surface area (Å²) in [6, 6.07) is 9.22. The van der Waals surface area contributed by atoms with Crippen LogP contribution in [0.15, 0.2) is 101 Å². The Kier molecular flexibility index (Phi) is 13.8. The van der Waals surface area contributed by atoms with E-state index in [0.717, 1.165) is 17.0 Å². The van der Waals surface area contributed by atoms with Gasteiger partial charge in [-0.3, -0.25) is 14.4 Å². The molecular weight excluding hydrogens is 501 g/mol. The van der Waals surface area contributed by atoms with E-state index in [1.54, 1.807) is 31.2 Å².